The van der Waals surface area contributed by atoms with E-state index in [2.05, 4.69) is 17.4 Å². The van der Waals surface area contributed by atoms with Crippen LogP contribution in [0.2, 0.25) is 0 Å². The lowest BCUT2D eigenvalue weighted by Gasteiger charge is -2.25. The van der Waals surface area contributed by atoms with Gasteiger partial charge in [0.15, 0.2) is 0 Å². The molecule has 1 unspecified atom stereocenters. The van der Waals surface area contributed by atoms with Gasteiger partial charge in [-0.1, -0.05) is 12.1 Å². The summed E-state index contributed by atoms with van der Waals surface area (Å²) in [4.78, 5) is 14.1. The molecule has 0 radical (unpaired) electrons. The van der Waals surface area contributed by atoms with Crippen LogP contribution in [0, 0.1) is 0 Å². The van der Waals surface area contributed by atoms with E-state index in [0.29, 0.717) is 12.6 Å². The quantitative estimate of drug-likeness (QED) is 0.861. The van der Waals surface area contributed by atoms with E-state index in [1.165, 1.54) is 24.0 Å². The molecular weight excluding hydrogens is 264 g/mol. The van der Waals surface area contributed by atoms with E-state index in [1.54, 1.807) is 4.90 Å². The summed E-state index contributed by atoms with van der Waals surface area (Å²) in [5.41, 5.74) is 3.24. The molecule has 2 heterocycles. The molecule has 1 atom stereocenters. The van der Waals surface area contributed by atoms with Gasteiger partial charge in [0.1, 0.15) is 5.60 Å². The minimum absolute atomic E-state index is 0.238. The van der Waals surface area contributed by atoms with Gasteiger partial charge < -0.3 is 10.1 Å². The number of nitrogens with one attached hydrogen (secondary N) is 1. The van der Waals surface area contributed by atoms with E-state index < -0.39 is 5.60 Å². The van der Waals surface area contributed by atoms with Crippen LogP contribution in [0.4, 0.5) is 10.5 Å². The first kappa shape index (κ1) is 14.4. The first-order valence-electron chi connectivity index (χ1n) is 7.81. The van der Waals surface area contributed by atoms with Gasteiger partial charge in [0.25, 0.3) is 0 Å². The average molecular weight is 288 g/mol. The normalized spacial score (nSPS) is 21.5. The van der Waals surface area contributed by atoms with Crippen molar-refractivity contribution in [3.63, 3.8) is 0 Å². The van der Waals surface area contributed by atoms with Crippen LogP contribution in [0.5, 0.6) is 0 Å². The van der Waals surface area contributed by atoms with Gasteiger partial charge in [-0.25, -0.2) is 4.79 Å². The summed E-state index contributed by atoms with van der Waals surface area (Å²) in [5.74, 6) is 0. The first-order valence-corrected chi connectivity index (χ1v) is 7.81. The number of rotatable bonds is 1. The predicted molar refractivity (Wildman–Crippen MR) is 83.7 cm³/mol. The molecule has 0 saturated carbocycles. The van der Waals surface area contributed by atoms with Crippen LogP contribution >= 0.6 is 0 Å². The van der Waals surface area contributed by atoms with Crippen molar-refractivity contribution in [1.29, 1.82) is 0 Å². The topological polar surface area (TPSA) is 41.6 Å². The summed E-state index contributed by atoms with van der Waals surface area (Å²) in [5, 5.41) is 3.55. The van der Waals surface area contributed by atoms with Crippen molar-refractivity contribution in [2.45, 2.75) is 51.7 Å². The van der Waals surface area contributed by atoms with Gasteiger partial charge in [-0.05, 0) is 63.8 Å². The summed E-state index contributed by atoms with van der Waals surface area (Å²) in [6, 6.07) is 6.72. The molecule has 1 N–H and O–H groups in total. The standard InChI is InChI=1S/C17H24N2O2/c1-17(2,3)21-16(20)19-11-9-13-12(6-4-8-15(13)19)14-7-5-10-18-14/h4,6,8,14,18H,5,7,9-11H2,1-3H3. The fourth-order valence-corrected chi connectivity index (χ4v) is 3.24. The number of nitrogens with zero attached hydrogens (tertiary/aromatic N) is 1. The number of anilines is 1. The van der Waals surface area contributed by atoms with Crippen molar-refractivity contribution in [2.24, 2.45) is 0 Å². The Balaban J connectivity index is 1.85. The maximum Gasteiger partial charge on any atom is 0.414 e. The van der Waals surface area contributed by atoms with Crippen molar-refractivity contribution in [3.05, 3.63) is 29.3 Å². The monoisotopic (exact) mass is 288 g/mol. The Kier molecular flexibility index (Phi) is 3.66. The molecule has 4 nitrogen and oxygen atoms in total. The van der Waals surface area contributed by atoms with Crippen LogP contribution in [0.15, 0.2) is 18.2 Å². The van der Waals surface area contributed by atoms with Crippen LogP contribution in [0.3, 0.4) is 0 Å². The van der Waals surface area contributed by atoms with Gasteiger partial charge in [0.2, 0.25) is 0 Å². The molecule has 0 spiro atoms. The molecule has 3 rings (SSSR count). The van der Waals surface area contributed by atoms with E-state index >= 15 is 0 Å². The number of carbonyl (C=O) groups is 1. The second kappa shape index (κ2) is 5.34. The third-order valence-electron chi connectivity index (χ3n) is 4.11. The lowest BCUT2D eigenvalue weighted by molar-refractivity contribution is 0.0584. The molecule has 0 aromatic heterocycles. The third kappa shape index (κ3) is 2.91. The van der Waals surface area contributed by atoms with Gasteiger partial charge in [-0.15, -0.1) is 0 Å². The summed E-state index contributed by atoms with van der Waals surface area (Å²) in [6.07, 6.45) is 3.09. The molecule has 1 aromatic rings. The van der Waals surface area contributed by atoms with E-state index in [9.17, 15) is 4.79 Å². The number of hydrogen-bond acceptors (Lipinski definition) is 3. The lowest BCUT2D eigenvalue weighted by atomic mass is 9.97. The van der Waals surface area contributed by atoms with Crippen LogP contribution in [0.25, 0.3) is 0 Å². The largest absolute Gasteiger partial charge is 0.443 e. The van der Waals surface area contributed by atoms with E-state index in [-0.39, 0.29) is 6.09 Å². The maximum atomic E-state index is 12.3. The van der Waals surface area contributed by atoms with Crippen molar-refractivity contribution in [3.8, 4) is 0 Å². The van der Waals surface area contributed by atoms with Crippen molar-refractivity contribution < 1.29 is 9.53 Å². The highest BCUT2D eigenvalue weighted by molar-refractivity contribution is 5.91. The number of hydrogen-bond donors (Lipinski definition) is 1. The molecule has 1 aromatic carbocycles. The maximum absolute atomic E-state index is 12.3. The molecule has 21 heavy (non-hydrogen) atoms. The number of amides is 1. The second-order valence-electron chi connectivity index (χ2n) is 6.88. The van der Waals surface area contributed by atoms with Gasteiger partial charge in [0.05, 0.1) is 5.69 Å². The minimum atomic E-state index is -0.454. The SMILES string of the molecule is CC(C)(C)OC(=O)N1CCc2c(C3CCCN3)cccc21. The molecule has 1 amide bonds. The lowest BCUT2D eigenvalue weighted by Crippen LogP contribution is -2.35. The van der Waals surface area contributed by atoms with Crippen molar-refractivity contribution in [1.82, 2.24) is 5.32 Å². The van der Waals surface area contributed by atoms with E-state index in [4.69, 9.17) is 4.74 Å². The van der Waals surface area contributed by atoms with Crippen LogP contribution < -0.4 is 10.2 Å². The van der Waals surface area contributed by atoms with E-state index in [0.717, 1.165) is 18.7 Å². The fraction of sp³-hybridized carbons (Fsp3) is 0.588. The molecular formula is C17H24N2O2. The summed E-state index contributed by atoms with van der Waals surface area (Å²) < 4.78 is 5.52. The molecule has 1 saturated heterocycles. The number of benzene rings is 1. The second-order valence-corrected chi connectivity index (χ2v) is 6.88. The van der Waals surface area contributed by atoms with Crippen LogP contribution in [0.1, 0.15) is 50.8 Å². The highest BCUT2D eigenvalue weighted by Crippen LogP contribution is 2.36. The smallest absolute Gasteiger partial charge is 0.414 e. The molecule has 0 bridgehead atoms. The van der Waals surface area contributed by atoms with Crippen molar-refractivity contribution in [2.75, 3.05) is 18.0 Å². The molecule has 2 aliphatic heterocycles. The molecule has 0 aliphatic carbocycles. The number of fused-ring (bicyclic) bond motifs is 1. The molecule has 1 fully saturated rings. The zero-order valence-electron chi connectivity index (χ0n) is 13.1. The molecule has 114 valence electrons. The zero-order chi connectivity index (χ0) is 15.0. The average Bonchev–Trinajstić information content (AvgIpc) is 3.05. The molecule has 2 aliphatic rings. The van der Waals surface area contributed by atoms with Crippen LogP contribution in [-0.2, 0) is 11.2 Å². The fourth-order valence-electron chi connectivity index (χ4n) is 3.24. The summed E-state index contributed by atoms with van der Waals surface area (Å²) in [7, 11) is 0. The zero-order valence-corrected chi connectivity index (χ0v) is 13.1. The van der Waals surface area contributed by atoms with Crippen LogP contribution in [-0.4, -0.2) is 24.8 Å². The predicted octanol–water partition coefficient (Wildman–Crippen LogP) is 3.41. The Labute approximate surface area is 126 Å². The van der Waals surface area contributed by atoms with E-state index in [1.807, 2.05) is 26.8 Å². The van der Waals surface area contributed by atoms with Gasteiger partial charge in [-0.2, -0.15) is 0 Å². The third-order valence-corrected chi connectivity index (χ3v) is 4.11. The minimum Gasteiger partial charge on any atom is -0.443 e. The Morgan fingerprint density at radius 2 is 2.19 bits per heavy atom. The first-order chi connectivity index (χ1) is 9.96. The summed E-state index contributed by atoms with van der Waals surface area (Å²) in [6.45, 7) is 7.51. The highest BCUT2D eigenvalue weighted by atomic mass is 16.6. The Bertz CT molecular complexity index is 542. The summed E-state index contributed by atoms with van der Waals surface area (Å²) >= 11 is 0. The number of ether oxygens (including phenoxy) is 1. The van der Waals surface area contributed by atoms with Gasteiger partial charge in [0, 0.05) is 12.6 Å². The number of carbonyl (C=O) groups excluding carboxylic acids is 1. The Morgan fingerprint density at radius 3 is 2.86 bits per heavy atom. The Morgan fingerprint density at radius 1 is 1.38 bits per heavy atom. The Hall–Kier alpha value is -1.55. The van der Waals surface area contributed by atoms with Gasteiger partial charge in [-0.3, -0.25) is 4.90 Å². The van der Waals surface area contributed by atoms with Crippen molar-refractivity contribution >= 4 is 11.8 Å². The molecule has 4 heteroatoms. The highest BCUT2D eigenvalue weighted by Gasteiger charge is 2.31. The van der Waals surface area contributed by atoms with Gasteiger partial charge >= 0.3 is 6.09 Å².